The third kappa shape index (κ3) is 5.87. The Labute approximate surface area is 142 Å². The smallest absolute Gasteiger partial charge is 0.431 e. The molecule has 0 aliphatic rings. The molecule has 2 aromatic rings. The number of anilines is 1. The van der Waals surface area contributed by atoms with Crippen LogP contribution in [0.25, 0.3) is 0 Å². The predicted octanol–water partition coefficient (Wildman–Crippen LogP) is 4.90. The molecule has 0 fully saturated rings. The third-order valence-corrected chi connectivity index (χ3v) is 2.97. The standard InChI is InChI=1S/C18H16F3NO3/c1-2-24-17(23)12-16(18(19,20)21)22-13-8-10-15(11-9-13)25-14-6-4-3-5-7-14/h3-12,22H,2H2,1H3/b16-12+. The molecule has 0 radical (unpaired) electrons. The highest BCUT2D eigenvalue weighted by molar-refractivity contribution is 5.83. The minimum absolute atomic E-state index is 0.00794. The van der Waals surface area contributed by atoms with Crippen LogP contribution in [0.4, 0.5) is 18.9 Å². The van der Waals surface area contributed by atoms with Gasteiger partial charge < -0.3 is 14.8 Å². The molecule has 0 heterocycles. The van der Waals surface area contributed by atoms with Crippen molar-refractivity contribution in [3.8, 4) is 11.5 Å². The van der Waals surface area contributed by atoms with Crippen LogP contribution in [-0.2, 0) is 9.53 Å². The van der Waals surface area contributed by atoms with E-state index in [1.807, 2.05) is 6.07 Å². The minimum atomic E-state index is -4.72. The summed E-state index contributed by atoms with van der Waals surface area (Å²) in [5.74, 6) is 0.0208. The molecule has 4 nitrogen and oxygen atoms in total. The molecule has 0 atom stereocenters. The summed E-state index contributed by atoms with van der Waals surface area (Å²) in [4.78, 5) is 11.3. The molecule has 7 heteroatoms. The van der Waals surface area contributed by atoms with Crippen LogP contribution in [0.2, 0.25) is 0 Å². The number of rotatable bonds is 6. The summed E-state index contributed by atoms with van der Waals surface area (Å²) in [6.07, 6.45) is -4.33. The van der Waals surface area contributed by atoms with Gasteiger partial charge >= 0.3 is 12.1 Å². The summed E-state index contributed by atoms with van der Waals surface area (Å²) in [5, 5.41) is 2.18. The number of alkyl halides is 3. The first-order valence-electron chi connectivity index (χ1n) is 7.44. The van der Waals surface area contributed by atoms with E-state index in [1.165, 1.54) is 31.2 Å². The van der Waals surface area contributed by atoms with Crippen molar-refractivity contribution in [1.82, 2.24) is 0 Å². The van der Waals surface area contributed by atoms with Gasteiger partial charge in [-0.2, -0.15) is 13.2 Å². The fourth-order valence-electron chi connectivity index (χ4n) is 1.88. The number of carbonyl (C=O) groups is 1. The summed E-state index contributed by atoms with van der Waals surface area (Å²) in [5.41, 5.74) is -1.05. The van der Waals surface area contributed by atoms with Crippen molar-refractivity contribution in [3.63, 3.8) is 0 Å². The zero-order valence-electron chi connectivity index (χ0n) is 13.3. The van der Waals surface area contributed by atoms with Gasteiger partial charge in [-0.15, -0.1) is 0 Å². The summed E-state index contributed by atoms with van der Waals surface area (Å²) < 4.78 is 49.1. The number of ether oxygens (including phenoxy) is 2. The van der Waals surface area contributed by atoms with Crippen molar-refractivity contribution < 1.29 is 27.4 Å². The highest BCUT2D eigenvalue weighted by Crippen LogP contribution is 2.28. The zero-order chi connectivity index (χ0) is 18.3. The van der Waals surface area contributed by atoms with E-state index in [4.69, 9.17) is 4.74 Å². The van der Waals surface area contributed by atoms with Crippen LogP contribution in [-0.4, -0.2) is 18.8 Å². The van der Waals surface area contributed by atoms with Gasteiger partial charge in [0, 0.05) is 5.69 Å². The maximum Gasteiger partial charge on any atom is 0.431 e. The molecular weight excluding hydrogens is 335 g/mol. The van der Waals surface area contributed by atoms with Crippen LogP contribution in [0.15, 0.2) is 66.4 Å². The van der Waals surface area contributed by atoms with E-state index in [2.05, 4.69) is 10.1 Å². The SMILES string of the molecule is CCOC(=O)/C=C(/Nc1ccc(Oc2ccccc2)cc1)C(F)(F)F. The van der Waals surface area contributed by atoms with Crippen molar-refractivity contribution >= 4 is 11.7 Å². The van der Waals surface area contributed by atoms with Crippen molar-refractivity contribution in [2.45, 2.75) is 13.1 Å². The average molecular weight is 351 g/mol. The largest absolute Gasteiger partial charge is 0.463 e. The van der Waals surface area contributed by atoms with Gasteiger partial charge in [-0.1, -0.05) is 18.2 Å². The van der Waals surface area contributed by atoms with E-state index in [-0.39, 0.29) is 12.3 Å². The highest BCUT2D eigenvalue weighted by Gasteiger charge is 2.35. The van der Waals surface area contributed by atoms with Gasteiger partial charge in [0.2, 0.25) is 0 Å². The number of allylic oxidation sites excluding steroid dienone is 1. The number of carbonyl (C=O) groups excluding carboxylic acids is 1. The Morgan fingerprint density at radius 3 is 2.20 bits per heavy atom. The van der Waals surface area contributed by atoms with Crippen molar-refractivity contribution in [2.24, 2.45) is 0 Å². The third-order valence-electron chi connectivity index (χ3n) is 2.97. The second kappa shape index (κ2) is 8.23. The summed E-state index contributed by atoms with van der Waals surface area (Å²) in [6.45, 7) is 1.50. The number of hydrogen-bond acceptors (Lipinski definition) is 4. The van der Waals surface area contributed by atoms with Crippen LogP contribution in [0.5, 0.6) is 11.5 Å². The highest BCUT2D eigenvalue weighted by atomic mass is 19.4. The van der Waals surface area contributed by atoms with Crippen molar-refractivity contribution in [1.29, 1.82) is 0 Å². The lowest BCUT2D eigenvalue weighted by molar-refractivity contribution is -0.138. The molecule has 1 N–H and O–H groups in total. The lowest BCUT2D eigenvalue weighted by Gasteiger charge is -2.14. The molecule has 25 heavy (non-hydrogen) atoms. The molecule has 2 rings (SSSR count). The fraction of sp³-hybridized carbons (Fsp3) is 0.167. The Morgan fingerprint density at radius 2 is 1.64 bits per heavy atom. The van der Waals surface area contributed by atoms with Gasteiger partial charge in [0.05, 0.1) is 12.7 Å². The molecule has 2 aromatic carbocycles. The Balaban J connectivity index is 2.10. The molecule has 132 valence electrons. The number of para-hydroxylation sites is 1. The number of halogens is 3. The lowest BCUT2D eigenvalue weighted by atomic mass is 10.2. The maximum atomic E-state index is 13.0. The predicted molar refractivity (Wildman–Crippen MR) is 87.4 cm³/mol. The molecule has 0 bridgehead atoms. The molecular formula is C18H16F3NO3. The van der Waals surface area contributed by atoms with E-state index in [0.717, 1.165) is 0 Å². The number of esters is 1. The quantitative estimate of drug-likeness (QED) is 0.594. The first-order chi connectivity index (χ1) is 11.9. The molecule has 0 spiro atoms. The first-order valence-corrected chi connectivity index (χ1v) is 7.44. The van der Waals surface area contributed by atoms with E-state index < -0.39 is 17.8 Å². The van der Waals surface area contributed by atoms with Gasteiger partial charge in [0.25, 0.3) is 0 Å². The Kier molecular flexibility index (Phi) is 6.05. The fourth-order valence-corrected chi connectivity index (χ4v) is 1.88. The Morgan fingerprint density at radius 1 is 1.04 bits per heavy atom. The van der Waals surface area contributed by atoms with Crippen LogP contribution >= 0.6 is 0 Å². The molecule has 0 saturated heterocycles. The van der Waals surface area contributed by atoms with Crippen LogP contribution in [0, 0.1) is 0 Å². The van der Waals surface area contributed by atoms with Gasteiger partial charge in [-0.25, -0.2) is 4.79 Å². The van der Waals surface area contributed by atoms with Crippen molar-refractivity contribution in [3.05, 3.63) is 66.4 Å². The molecule has 0 amide bonds. The summed E-state index contributed by atoms with van der Waals surface area (Å²) in [7, 11) is 0. The number of nitrogens with one attached hydrogen (secondary N) is 1. The van der Waals surface area contributed by atoms with E-state index in [1.54, 1.807) is 24.3 Å². The molecule has 0 saturated carbocycles. The molecule has 0 aromatic heterocycles. The second-order valence-electron chi connectivity index (χ2n) is 4.87. The maximum absolute atomic E-state index is 13.0. The molecule has 0 aliphatic heterocycles. The monoisotopic (exact) mass is 351 g/mol. The second-order valence-corrected chi connectivity index (χ2v) is 4.87. The van der Waals surface area contributed by atoms with Gasteiger partial charge in [-0.3, -0.25) is 0 Å². The Bertz CT molecular complexity index is 725. The van der Waals surface area contributed by atoms with Gasteiger partial charge in [-0.05, 0) is 43.3 Å². The topological polar surface area (TPSA) is 47.6 Å². The van der Waals surface area contributed by atoms with E-state index in [0.29, 0.717) is 17.6 Å². The van der Waals surface area contributed by atoms with E-state index >= 15 is 0 Å². The van der Waals surface area contributed by atoms with Gasteiger partial charge in [0.1, 0.15) is 17.2 Å². The Hall–Kier alpha value is -2.96. The molecule has 0 unspecified atom stereocenters. The normalized spacial score (nSPS) is 11.8. The van der Waals surface area contributed by atoms with Crippen LogP contribution in [0.3, 0.4) is 0 Å². The summed E-state index contributed by atoms with van der Waals surface area (Å²) >= 11 is 0. The average Bonchev–Trinajstić information content (AvgIpc) is 2.56. The number of hydrogen-bond donors (Lipinski definition) is 1. The minimum Gasteiger partial charge on any atom is -0.463 e. The number of benzene rings is 2. The molecule has 0 aliphatic carbocycles. The zero-order valence-corrected chi connectivity index (χ0v) is 13.3. The van der Waals surface area contributed by atoms with Crippen LogP contribution < -0.4 is 10.1 Å². The summed E-state index contributed by atoms with van der Waals surface area (Å²) in [6, 6.07) is 14.9. The van der Waals surface area contributed by atoms with E-state index in [9.17, 15) is 18.0 Å². The van der Waals surface area contributed by atoms with Crippen LogP contribution in [0.1, 0.15) is 6.92 Å². The lowest BCUT2D eigenvalue weighted by Crippen LogP contribution is -2.21. The van der Waals surface area contributed by atoms with Crippen molar-refractivity contribution in [2.75, 3.05) is 11.9 Å². The first kappa shape index (κ1) is 18.4. The van der Waals surface area contributed by atoms with Gasteiger partial charge in [0.15, 0.2) is 0 Å².